The van der Waals surface area contributed by atoms with Gasteiger partial charge in [-0.1, -0.05) is 0 Å². The molecule has 0 spiro atoms. The Labute approximate surface area is 120 Å². The second-order valence-electron chi connectivity index (χ2n) is 4.41. The molecule has 0 aliphatic carbocycles. The van der Waals surface area contributed by atoms with Gasteiger partial charge >= 0.3 is 0 Å². The van der Waals surface area contributed by atoms with Gasteiger partial charge < -0.3 is 15.1 Å². The lowest BCUT2D eigenvalue weighted by Gasteiger charge is -2.26. The molecule has 0 aliphatic heterocycles. The summed E-state index contributed by atoms with van der Waals surface area (Å²) in [5, 5.41) is 11.9. The normalized spacial score (nSPS) is 9.90. The highest BCUT2D eigenvalue weighted by atomic mass is 16.2. The van der Waals surface area contributed by atoms with E-state index in [0.717, 1.165) is 6.54 Å². The summed E-state index contributed by atoms with van der Waals surface area (Å²) in [6, 6.07) is 5.65. The molecule has 6 heteroatoms. The molecule has 20 heavy (non-hydrogen) atoms. The third-order valence-electron chi connectivity index (χ3n) is 3.05. The molecule has 0 aromatic carbocycles. The lowest BCUT2D eigenvalue weighted by molar-refractivity contribution is -0.128. The average molecular weight is 275 g/mol. The third-order valence-corrected chi connectivity index (χ3v) is 3.05. The Morgan fingerprint density at radius 1 is 1.50 bits per heavy atom. The quantitative estimate of drug-likeness (QED) is 0.782. The van der Waals surface area contributed by atoms with Crippen LogP contribution in [0.2, 0.25) is 0 Å². The zero-order chi connectivity index (χ0) is 15.0. The van der Waals surface area contributed by atoms with Crippen molar-refractivity contribution in [2.24, 2.45) is 0 Å². The molecule has 0 aliphatic rings. The van der Waals surface area contributed by atoms with Crippen LogP contribution in [0, 0.1) is 11.3 Å². The van der Waals surface area contributed by atoms with Gasteiger partial charge in [-0.2, -0.15) is 5.26 Å². The van der Waals surface area contributed by atoms with E-state index in [0.29, 0.717) is 31.0 Å². The van der Waals surface area contributed by atoms with E-state index in [1.54, 1.807) is 37.3 Å². The Morgan fingerprint density at radius 3 is 2.85 bits per heavy atom. The molecule has 0 fully saturated rings. The van der Waals surface area contributed by atoms with Gasteiger partial charge in [-0.25, -0.2) is 4.98 Å². The number of nitrogens with zero attached hydrogens (tertiary/aromatic N) is 4. The van der Waals surface area contributed by atoms with Crippen LogP contribution in [0.15, 0.2) is 18.3 Å². The van der Waals surface area contributed by atoms with E-state index in [-0.39, 0.29) is 5.91 Å². The van der Waals surface area contributed by atoms with Crippen LogP contribution >= 0.6 is 0 Å². The number of nitriles is 1. The minimum atomic E-state index is 0.0464. The standard InChI is InChI=1S/C14H21N5O/c1-4-19(9-8-18(3)13(20)11-16-2)14-12(10-15)6-5-7-17-14/h5-7,16H,4,8-9,11H2,1-3H3. The SMILES string of the molecule is CCN(CCN(C)C(=O)CNC)c1ncccc1C#N. The molecule has 1 N–H and O–H groups in total. The second-order valence-corrected chi connectivity index (χ2v) is 4.41. The average Bonchev–Trinajstić information content (AvgIpc) is 2.48. The monoisotopic (exact) mass is 275 g/mol. The third kappa shape index (κ3) is 4.21. The predicted molar refractivity (Wildman–Crippen MR) is 78.4 cm³/mol. The summed E-state index contributed by atoms with van der Waals surface area (Å²) in [4.78, 5) is 19.6. The first-order valence-electron chi connectivity index (χ1n) is 6.62. The van der Waals surface area contributed by atoms with Gasteiger partial charge in [0.05, 0.1) is 12.1 Å². The molecule has 1 aromatic heterocycles. The summed E-state index contributed by atoms with van der Waals surface area (Å²) >= 11 is 0. The number of anilines is 1. The maximum absolute atomic E-state index is 11.7. The Morgan fingerprint density at radius 2 is 2.25 bits per heavy atom. The molecule has 108 valence electrons. The van der Waals surface area contributed by atoms with E-state index in [1.165, 1.54) is 0 Å². The predicted octanol–water partition coefficient (Wildman–Crippen LogP) is 0.457. The highest BCUT2D eigenvalue weighted by Gasteiger charge is 2.13. The van der Waals surface area contributed by atoms with Gasteiger partial charge in [-0.05, 0) is 26.1 Å². The van der Waals surface area contributed by atoms with Crippen LogP contribution in [-0.2, 0) is 4.79 Å². The largest absolute Gasteiger partial charge is 0.354 e. The summed E-state index contributed by atoms with van der Waals surface area (Å²) in [6.45, 7) is 4.31. The molecule has 0 radical (unpaired) electrons. The van der Waals surface area contributed by atoms with Crippen molar-refractivity contribution in [2.75, 3.05) is 45.2 Å². The van der Waals surface area contributed by atoms with E-state index in [4.69, 9.17) is 5.26 Å². The Kier molecular flexibility index (Phi) is 6.47. The Hall–Kier alpha value is -2.13. The Balaban J connectivity index is 2.69. The van der Waals surface area contributed by atoms with Crippen LogP contribution in [0.25, 0.3) is 0 Å². The summed E-state index contributed by atoms with van der Waals surface area (Å²) in [6.07, 6.45) is 1.68. The number of hydrogen-bond acceptors (Lipinski definition) is 5. The molecule has 0 saturated carbocycles. The zero-order valence-electron chi connectivity index (χ0n) is 12.3. The summed E-state index contributed by atoms with van der Waals surface area (Å²) in [5.41, 5.74) is 0.554. The number of likely N-dealkylation sites (N-methyl/N-ethyl adjacent to an activating group) is 3. The molecule has 6 nitrogen and oxygen atoms in total. The fourth-order valence-electron chi connectivity index (χ4n) is 1.83. The first-order chi connectivity index (χ1) is 9.63. The van der Waals surface area contributed by atoms with E-state index >= 15 is 0 Å². The van der Waals surface area contributed by atoms with Crippen molar-refractivity contribution in [1.29, 1.82) is 5.26 Å². The summed E-state index contributed by atoms with van der Waals surface area (Å²) < 4.78 is 0. The maximum Gasteiger partial charge on any atom is 0.236 e. The molecule has 1 rings (SSSR count). The minimum Gasteiger partial charge on any atom is -0.354 e. The molecule has 1 aromatic rings. The highest BCUT2D eigenvalue weighted by Crippen LogP contribution is 2.15. The van der Waals surface area contributed by atoms with Crippen molar-refractivity contribution in [3.05, 3.63) is 23.9 Å². The number of hydrogen-bond donors (Lipinski definition) is 1. The van der Waals surface area contributed by atoms with Crippen LogP contribution < -0.4 is 10.2 Å². The van der Waals surface area contributed by atoms with Crippen molar-refractivity contribution in [1.82, 2.24) is 15.2 Å². The van der Waals surface area contributed by atoms with Gasteiger partial charge in [0.15, 0.2) is 0 Å². The summed E-state index contributed by atoms with van der Waals surface area (Å²) in [7, 11) is 3.52. The van der Waals surface area contributed by atoms with Gasteiger partial charge in [0.2, 0.25) is 5.91 Å². The maximum atomic E-state index is 11.7. The molecule has 0 atom stereocenters. The lowest BCUT2D eigenvalue weighted by atomic mass is 10.2. The van der Waals surface area contributed by atoms with Crippen molar-refractivity contribution in [3.63, 3.8) is 0 Å². The number of amides is 1. The topological polar surface area (TPSA) is 72.3 Å². The van der Waals surface area contributed by atoms with E-state index in [2.05, 4.69) is 16.4 Å². The van der Waals surface area contributed by atoms with E-state index < -0.39 is 0 Å². The molecular weight excluding hydrogens is 254 g/mol. The molecule has 0 saturated heterocycles. The van der Waals surface area contributed by atoms with E-state index in [1.807, 2.05) is 11.8 Å². The number of carbonyl (C=O) groups is 1. The van der Waals surface area contributed by atoms with Crippen molar-refractivity contribution in [3.8, 4) is 6.07 Å². The molecule has 1 amide bonds. The molecule has 0 unspecified atom stereocenters. The number of nitrogens with one attached hydrogen (secondary N) is 1. The number of rotatable bonds is 7. The first kappa shape index (κ1) is 15.9. The van der Waals surface area contributed by atoms with Crippen LogP contribution in [0.3, 0.4) is 0 Å². The van der Waals surface area contributed by atoms with Crippen LogP contribution in [0.4, 0.5) is 5.82 Å². The van der Waals surface area contributed by atoms with Gasteiger partial charge in [-0.15, -0.1) is 0 Å². The lowest BCUT2D eigenvalue weighted by Crippen LogP contribution is -2.40. The second kappa shape index (κ2) is 8.12. The van der Waals surface area contributed by atoms with Crippen molar-refractivity contribution in [2.45, 2.75) is 6.92 Å². The van der Waals surface area contributed by atoms with Crippen LogP contribution in [0.5, 0.6) is 0 Å². The van der Waals surface area contributed by atoms with Crippen molar-refractivity contribution < 1.29 is 4.79 Å². The zero-order valence-corrected chi connectivity index (χ0v) is 12.3. The van der Waals surface area contributed by atoms with Crippen LogP contribution in [-0.4, -0.2) is 56.1 Å². The van der Waals surface area contributed by atoms with Gasteiger partial charge in [0.1, 0.15) is 11.9 Å². The fourth-order valence-corrected chi connectivity index (χ4v) is 1.83. The molecule has 1 heterocycles. The van der Waals surface area contributed by atoms with Gasteiger partial charge in [0.25, 0.3) is 0 Å². The van der Waals surface area contributed by atoms with Crippen molar-refractivity contribution >= 4 is 11.7 Å². The first-order valence-corrected chi connectivity index (χ1v) is 6.62. The summed E-state index contributed by atoms with van der Waals surface area (Å²) in [5.74, 6) is 0.719. The number of aromatic nitrogens is 1. The molecule has 0 bridgehead atoms. The van der Waals surface area contributed by atoms with Crippen LogP contribution in [0.1, 0.15) is 12.5 Å². The highest BCUT2D eigenvalue weighted by molar-refractivity contribution is 5.77. The fraction of sp³-hybridized carbons (Fsp3) is 0.500. The van der Waals surface area contributed by atoms with E-state index in [9.17, 15) is 4.79 Å². The van der Waals surface area contributed by atoms with Gasteiger partial charge in [-0.3, -0.25) is 4.79 Å². The van der Waals surface area contributed by atoms with Gasteiger partial charge in [0, 0.05) is 32.9 Å². The smallest absolute Gasteiger partial charge is 0.236 e. The number of pyridine rings is 1. The molecular formula is C14H21N5O. The Bertz CT molecular complexity index is 483. The minimum absolute atomic E-state index is 0.0464. The number of carbonyl (C=O) groups excluding carboxylic acids is 1.